The van der Waals surface area contributed by atoms with E-state index in [-0.39, 0.29) is 0 Å². The van der Waals surface area contributed by atoms with Gasteiger partial charge in [-0.15, -0.1) is 0 Å². The van der Waals surface area contributed by atoms with E-state index < -0.39 is 51.1 Å². The molecule has 1 N–H and O–H groups in total. The second-order valence-electron chi connectivity index (χ2n) is 7.82. The van der Waals surface area contributed by atoms with Gasteiger partial charge in [0, 0.05) is 6.07 Å². The van der Waals surface area contributed by atoms with Crippen LogP contribution in [-0.2, 0) is 9.59 Å². The molecular weight excluding hydrogens is 332 g/mol. The molecule has 0 bridgehead atoms. The third-order valence-electron chi connectivity index (χ3n) is 4.22. The molecule has 1 aromatic carbocycles. The first-order valence-electron chi connectivity index (χ1n) is 7.55. The van der Waals surface area contributed by atoms with Crippen molar-refractivity contribution in [1.82, 2.24) is 0 Å². The number of nitriles is 1. The van der Waals surface area contributed by atoms with E-state index in [1.165, 1.54) is 6.07 Å². The van der Waals surface area contributed by atoms with Crippen LogP contribution in [-0.4, -0.2) is 17.0 Å². The topological polar surface area (TPSA) is 87.4 Å². The largest absolute Gasteiger partial charge is 0.480 e. The molecule has 5 nitrogen and oxygen atoms in total. The van der Waals surface area contributed by atoms with Crippen LogP contribution in [0.5, 0.6) is 5.75 Å². The summed E-state index contributed by atoms with van der Waals surface area (Å²) in [4.78, 5) is 24.9. The second-order valence-corrected chi connectivity index (χ2v) is 7.82. The van der Waals surface area contributed by atoms with E-state index in [1.54, 1.807) is 41.5 Å². The van der Waals surface area contributed by atoms with Gasteiger partial charge >= 0.3 is 11.9 Å². The highest BCUT2D eigenvalue weighted by Crippen LogP contribution is 2.52. The summed E-state index contributed by atoms with van der Waals surface area (Å²) in [5.41, 5.74) is -4.75. The summed E-state index contributed by atoms with van der Waals surface area (Å²) in [6.45, 7) is 9.35. The van der Waals surface area contributed by atoms with Crippen LogP contribution in [0.2, 0.25) is 0 Å². The monoisotopic (exact) mass is 353 g/mol. The van der Waals surface area contributed by atoms with E-state index in [0.717, 1.165) is 0 Å². The Labute approximate surface area is 145 Å². The minimum absolute atomic E-state index is 0.548. The van der Waals surface area contributed by atoms with Crippen molar-refractivity contribution < 1.29 is 28.2 Å². The van der Waals surface area contributed by atoms with Gasteiger partial charge in [0.25, 0.3) is 0 Å². The molecule has 136 valence electrons. The molecule has 1 rings (SSSR count). The summed E-state index contributed by atoms with van der Waals surface area (Å²) in [6, 6.07) is 2.62. The van der Waals surface area contributed by atoms with E-state index in [0.29, 0.717) is 12.1 Å². The van der Waals surface area contributed by atoms with Crippen molar-refractivity contribution in [1.29, 1.82) is 5.26 Å². The van der Waals surface area contributed by atoms with Crippen molar-refractivity contribution in [3.63, 3.8) is 0 Å². The highest BCUT2D eigenvalue weighted by molar-refractivity contribution is 6.02. The number of ether oxygens (including phenoxy) is 1. The average Bonchev–Trinajstić information content (AvgIpc) is 2.39. The average molecular weight is 353 g/mol. The van der Waals surface area contributed by atoms with Crippen LogP contribution in [0.3, 0.4) is 0 Å². The van der Waals surface area contributed by atoms with Crippen LogP contribution in [0.1, 0.15) is 47.1 Å². The predicted octanol–water partition coefficient (Wildman–Crippen LogP) is 3.91. The van der Waals surface area contributed by atoms with E-state index in [1.807, 2.05) is 0 Å². The van der Waals surface area contributed by atoms with Crippen LogP contribution in [0.4, 0.5) is 8.78 Å². The predicted molar refractivity (Wildman–Crippen MR) is 85.7 cm³/mol. The fourth-order valence-electron chi connectivity index (χ4n) is 3.34. The maximum atomic E-state index is 14.0. The standard InChI is InChI=1S/C18H21F2NO4/c1-16(2,3)18(14(22)23,17(4,5)6)15(24)25-13-8-11(19)10(9-21)7-12(13)20/h7-8H,1-6H3,(H,22,23). The SMILES string of the molecule is CC(C)(C)C(C(=O)O)(C(=O)Oc1cc(F)c(C#N)cc1F)C(C)(C)C. The van der Waals surface area contributed by atoms with Gasteiger partial charge in [-0.2, -0.15) is 5.26 Å². The number of esters is 1. The maximum absolute atomic E-state index is 14.0. The van der Waals surface area contributed by atoms with E-state index in [9.17, 15) is 23.5 Å². The zero-order valence-electron chi connectivity index (χ0n) is 15.0. The number of hydrogen-bond donors (Lipinski definition) is 1. The minimum Gasteiger partial charge on any atom is -0.480 e. The number of carbonyl (C=O) groups is 2. The molecule has 0 fully saturated rings. The number of benzene rings is 1. The molecule has 25 heavy (non-hydrogen) atoms. The molecule has 0 unspecified atom stereocenters. The molecule has 0 aliphatic heterocycles. The van der Waals surface area contributed by atoms with Crippen LogP contribution in [0.15, 0.2) is 12.1 Å². The van der Waals surface area contributed by atoms with Crippen molar-refractivity contribution in [3.8, 4) is 11.8 Å². The van der Waals surface area contributed by atoms with Crippen molar-refractivity contribution in [2.45, 2.75) is 41.5 Å². The molecule has 0 spiro atoms. The summed E-state index contributed by atoms with van der Waals surface area (Å²) >= 11 is 0. The van der Waals surface area contributed by atoms with Gasteiger partial charge in [-0.05, 0) is 16.9 Å². The van der Waals surface area contributed by atoms with Crippen molar-refractivity contribution in [2.24, 2.45) is 16.2 Å². The molecule has 0 aliphatic carbocycles. The fourth-order valence-corrected chi connectivity index (χ4v) is 3.34. The number of nitrogens with zero attached hydrogens (tertiary/aromatic N) is 1. The van der Waals surface area contributed by atoms with E-state index in [2.05, 4.69) is 0 Å². The zero-order valence-corrected chi connectivity index (χ0v) is 15.0. The highest BCUT2D eigenvalue weighted by atomic mass is 19.1. The third-order valence-corrected chi connectivity index (χ3v) is 4.22. The van der Waals surface area contributed by atoms with Crippen molar-refractivity contribution in [2.75, 3.05) is 0 Å². The van der Waals surface area contributed by atoms with Gasteiger partial charge in [0.05, 0.1) is 5.56 Å². The Bertz CT molecular complexity index is 738. The highest BCUT2D eigenvalue weighted by Gasteiger charge is 2.63. The lowest BCUT2D eigenvalue weighted by atomic mass is 9.54. The molecule has 0 heterocycles. The Kier molecular flexibility index (Phi) is 5.29. The van der Waals surface area contributed by atoms with Crippen LogP contribution in [0.25, 0.3) is 0 Å². The number of aliphatic carboxylic acids is 1. The third kappa shape index (κ3) is 3.34. The number of carboxylic acid groups (broad SMARTS) is 1. The quantitative estimate of drug-likeness (QED) is 0.506. The number of rotatable bonds is 3. The summed E-state index contributed by atoms with van der Waals surface area (Å²) < 4.78 is 32.7. The molecule has 1 aromatic rings. The smallest absolute Gasteiger partial charge is 0.330 e. The normalized spacial score (nSPS) is 12.4. The Hall–Kier alpha value is -2.49. The van der Waals surface area contributed by atoms with Gasteiger partial charge in [-0.3, -0.25) is 9.59 Å². The van der Waals surface area contributed by atoms with Crippen LogP contribution in [0, 0.1) is 39.2 Å². The van der Waals surface area contributed by atoms with Crippen molar-refractivity contribution in [3.05, 3.63) is 29.3 Å². The van der Waals surface area contributed by atoms with Gasteiger partial charge in [-0.1, -0.05) is 41.5 Å². The van der Waals surface area contributed by atoms with Gasteiger partial charge < -0.3 is 9.84 Å². The lowest BCUT2D eigenvalue weighted by molar-refractivity contribution is -0.184. The summed E-state index contributed by atoms with van der Waals surface area (Å²) in [5, 5.41) is 18.5. The van der Waals surface area contributed by atoms with Crippen LogP contribution >= 0.6 is 0 Å². The Balaban J connectivity index is 3.52. The minimum atomic E-state index is -2.03. The molecule has 0 saturated heterocycles. The first-order valence-corrected chi connectivity index (χ1v) is 7.55. The van der Waals surface area contributed by atoms with Crippen LogP contribution < -0.4 is 4.74 Å². The summed E-state index contributed by atoms with van der Waals surface area (Å²) in [5.74, 6) is -5.59. The zero-order chi connectivity index (χ0) is 19.8. The molecule has 0 saturated carbocycles. The molecule has 7 heteroatoms. The number of halogens is 2. The molecule has 0 amide bonds. The van der Waals surface area contributed by atoms with E-state index >= 15 is 0 Å². The van der Waals surface area contributed by atoms with E-state index in [4.69, 9.17) is 10.00 Å². The molecule has 0 atom stereocenters. The lowest BCUT2D eigenvalue weighted by Crippen LogP contribution is -2.59. The molecule has 0 aliphatic rings. The van der Waals surface area contributed by atoms with Crippen molar-refractivity contribution >= 4 is 11.9 Å². The van der Waals surface area contributed by atoms with Gasteiger partial charge in [0.1, 0.15) is 11.9 Å². The molecule has 0 radical (unpaired) electrons. The first kappa shape index (κ1) is 20.6. The number of carbonyl (C=O) groups excluding carboxylic acids is 1. The Morgan fingerprint density at radius 2 is 1.52 bits per heavy atom. The molecule has 0 aromatic heterocycles. The van der Waals surface area contributed by atoms with Gasteiger partial charge in [0.2, 0.25) is 0 Å². The lowest BCUT2D eigenvalue weighted by Gasteiger charge is -2.47. The molecular formula is C18H21F2NO4. The Morgan fingerprint density at radius 1 is 1.04 bits per heavy atom. The second kappa shape index (κ2) is 6.43. The number of hydrogen-bond acceptors (Lipinski definition) is 4. The Morgan fingerprint density at radius 3 is 1.88 bits per heavy atom. The number of carboxylic acids is 1. The summed E-state index contributed by atoms with van der Waals surface area (Å²) in [7, 11) is 0. The first-order chi connectivity index (χ1) is 11.2. The maximum Gasteiger partial charge on any atom is 0.330 e. The summed E-state index contributed by atoms with van der Waals surface area (Å²) in [6.07, 6.45) is 0. The fraction of sp³-hybridized carbons (Fsp3) is 0.500. The van der Waals surface area contributed by atoms with Gasteiger partial charge in [0.15, 0.2) is 17.0 Å². The van der Waals surface area contributed by atoms with Gasteiger partial charge in [-0.25, -0.2) is 8.78 Å².